The van der Waals surface area contributed by atoms with Crippen molar-refractivity contribution in [1.29, 1.82) is 0 Å². The number of alkyl carbamates (subject to hydrolysis) is 1. The Bertz CT molecular complexity index is 575. The average molecular weight is 314 g/mol. The summed E-state index contributed by atoms with van der Waals surface area (Å²) in [6.07, 6.45) is -0.533. The standard InChI is InChI=1S/C18H22N2O3/c21-13-17(12-19-11-15-7-3-1-4-8-15)20-18(22)23-14-16-9-5-2-6-10-16/h1-10,17,19,21H,11-14H2,(H,20,22). The van der Waals surface area contributed by atoms with Gasteiger partial charge in [-0.25, -0.2) is 4.79 Å². The van der Waals surface area contributed by atoms with E-state index in [9.17, 15) is 9.90 Å². The lowest BCUT2D eigenvalue weighted by Gasteiger charge is -2.17. The minimum atomic E-state index is -0.533. The first-order valence-corrected chi connectivity index (χ1v) is 7.60. The highest BCUT2D eigenvalue weighted by molar-refractivity contribution is 5.67. The Balaban J connectivity index is 1.68. The van der Waals surface area contributed by atoms with Crippen molar-refractivity contribution in [2.45, 2.75) is 19.2 Å². The first kappa shape index (κ1) is 17.0. The number of aliphatic hydroxyl groups is 1. The van der Waals surface area contributed by atoms with Gasteiger partial charge in [0.2, 0.25) is 0 Å². The molecule has 0 heterocycles. The monoisotopic (exact) mass is 314 g/mol. The molecule has 0 aliphatic heterocycles. The number of benzene rings is 2. The number of carbonyl (C=O) groups excluding carboxylic acids is 1. The van der Waals surface area contributed by atoms with Gasteiger partial charge in [-0.3, -0.25) is 0 Å². The number of nitrogens with one attached hydrogen (secondary N) is 2. The molecule has 1 unspecified atom stereocenters. The molecular formula is C18H22N2O3. The summed E-state index contributed by atoms with van der Waals surface area (Å²) in [5.74, 6) is 0. The van der Waals surface area contributed by atoms with Crippen molar-refractivity contribution in [3.05, 3.63) is 71.8 Å². The van der Waals surface area contributed by atoms with E-state index in [-0.39, 0.29) is 19.3 Å². The van der Waals surface area contributed by atoms with Gasteiger partial charge in [-0.15, -0.1) is 0 Å². The van der Waals surface area contributed by atoms with Gasteiger partial charge in [-0.05, 0) is 11.1 Å². The maximum absolute atomic E-state index is 11.7. The molecular weight excluding hydrogens is 292 g/mol. The minimum absolute atomic E-state index is 0.151. The Morgan fingerprint density at radius 2 is 1.61 bits per heavy atom. The molecule has 23 heavy (non-hydrogen) atoms. The maximum atomic E-state index is 11.7. The molecule has 5 heteroatoms. The summed E-state index contributed by atoms with van der Waals surface area (Å²) in [7, 11) is 0. The van der Waals surface area contributed by atoms with Crippen LogP contribution in [0.25, 0.3) is 0 Å². The van der Waals surface area contributed by atoms with Crippen molar-refractivity contribution in [2.24, 2.45) is 0 Å². The Morgan fingerprint density at radius 1 is 1.00 bits per heavy atom. The Kier molecular flexibility index (Phi) is 7.10. The summed E-state index contributed by atoms with van der Waals surface area (Å²) >= 11 is 0. The molecule has 0 saturated heterocycles. The Labute approximate surface area is 136 Å². The second kappa shape index (κ2) is 9.61. The van der Waals surface area contributed by atoms with Crippen LogP contribution in [0, 0.1) is 0 Å². The second-order valence-corrected chi connectivity index (χ2v) is 5.20. The molecule has 122 valence electrons. The van der Waals surface area contributed by atoms with Gasteiger partial charge in [0, 0.05) is 13.1 Å². The third kappa shape index (κ3) is 6.50. The second-order valence-electron chi connectivity index (χ2n) is 5.20. The lowest BCUT2D eigenvalue weighted by atomic mass is 10.2. The summed E-state index contributed by atoms with van der Waals surface area (Å²) in [6, 6.07) is 19.0. The molecule has 0 radical (unpaired) electrons. The van der Waals surface area contributed by atoms with Gasteiger partial charge in [-0.1, -0.05) is 60.7 Å². The van der Waals surface area contributed by atoms with Crippen LogP contribution in [0.4, 0.5) is 4.79 Å². The zero-order valence-corrected chi connectivity index (χ0v) is 12.9. The molecule has 0 saturated carbocycles. The quantitative estimate of drug-likeness (QED) is 0.697. The van der Waals surface area contributed by atoms with E-state index in [1.165, 1.54) is 0 Å². The molecule has 1 atom stereocenters. The number of hydrogen-bond donors (Lipinski definition) is 3. The molecule has 3 N–H and O–H groups in total. The molecule has 0 spiro atoms. The van der Waals surface area contributed by atoms with Gasteiger partial charge in [0.05, 0.1) is 12.6 Å². The average Bonchev–Trinajstić information content (AvgIpc) is 2.61. The number of hydrogen-bond acceptors (Lipinski definition) is 4. The van der Waals surface area contributed by atoms with Crippen LogP contribution in [-0.4, -0.2) is 30.4 Å². The highest BCUT2D eigenvalue weighted by Crippen LogP contribution is 2.01. The van der Waals surface area contributed by atoms with Crippen LogP contribution in [-0.2, 0) is 17.9 Å². The molecule has 2 rings (SSSR count). The molecule has 2 aromatic rings. The van der Waals surface area contributed by atoms with Crippen molar-refractivity contribution >= 4 is 6.09 Å². The van der Waals surface area contributed by atoms with E-state index in [0.29, 0.717) is 13.1 Å². The van der Waals surface area contributed by atoms with Crippen molar-refractivity contribution in [3.63, 3.8) is 0 Å². The summed E-state index contributed by atoms with van der Waals surface area (Å²) in [5, 5.41) is 15.2. The van der Waals surface area contributed by atoms with Crippen LogP contribution in [0.5, 0.6) is 0 Å². The fourth-order valence-electron chi connectivity index (χ4n) is 2.08. The predicted octanol–water partition coefficient (Wildman–Crippen LogP) is 2.06. The van der Waals surface area contributed by atoms with Crippen molar-refractivity contribution in [2.75, 3.05) is 13.2 Å². The van der Waals surface area contributed by atoms with Crippen LogP contribution in [0.15, 0.2) is 60.7 Å². The van der Waals surface area contributed by atoms with Crippen LogP contribution in [0.1, 0.15) is 11.1 Å². The van der Waals surface area contributed by atoms with E-state index in [1.807, 2.05) is 60.7 Å². The first-order valence-electron chi connectivity index (χ1n) is 7.60. The van der Waals surface area contributed by atoms with Crippen molar-refractivity contribution in [1.82, 2.24) is 10.6 Å². The highest BCUT2D eigenvalue weighted by Gasteiger charge is 2.12. The molecule has 0 aromatic heterocycles. The van der Waals surface area contributed by atoms with E-state index < -0.39 is 6.09 Å². The minimum Gasteiger partial charge on any atom is -0.445 e. The fourth-order valence-corrected chi connectivity index (χ4v) is 2.08. The molecule has 0 bridgehead atoms. The number of aliphatic hydroxyl groups excluding tert-OH is 1. The third-order valence-electron chi connectivity index (χ3n) is 3.32. The molecule has 0 aliphatic rings. The van der Waals surface area contributed by atoms with Gasteiger partial charge >= 0.3 is 6.09 Å². The van der Waals surface area contributed by atoms with E-state index in [2.05, 4.69) is 10.6 Å². The van der Waals surface area contributed by atoms with E-state index in [1.54, 1.807) is 0 Å². The Morgan fingerprint density at radius 3 is 2.22 bits per heavy atom. The number of ether oxygens (including phenoxy) is 1. The van der Waals surface area contributed by atoms with Gasteiger partial charge in [0.15, 0.2) is 0 Å². The number of carbonyl (C=O) groups is 1. The first-order chi connectivity index (χ1) is 11.3. The molecule has 5 nitrogen and oxygen atoms in total. The number of amides is 1. The molecule has 2 aromatic carbocycles. The summed E-state index contributed by atoms with van der Waals surface area (Å²) < 4.78 is 5.14. The Hall–Kier alpha value is -2.37. The predicted molar refractivity (Wildman–Crippen MR) is 88.8 cm³/mol. The largest absolute Gasteiger partial charge is 0.445 e. The lowest BCUT2D eigenvalue weighted by molar-refractivity contribution is 0.129. The summed E-state index contributed by atoms with van der Waals surface area (Å²) in [5.41, 5.74) is 2.07. The van der Waals surface area contributed by atoms with Crippen molar-refractivity contribution < 1.29 is 14.6 Å². The lowest BCUT2D eigenvalue weighted by Crippen LogP contribution is -2.44. The zero-order chi connectivity index (χ0) is 16.3. The third-order valence-corrected chi connectivity index (χ3v) is 3.32. The van der Waals surface area contributed by atoms with Crippen LogP contribution in [0.3, 0.4) is 0 Å². The molecule has 1 amide bonds. The van der Waals surface area contributed by atoms with Crippen LogP contribution in [0.2, 0.25) is 0 Å². The topological polar surface area (TPSA) is 70.6 Å². The van der Waals surface area contributed by atoms with E-state index in [0.717, 1.165) is 11.1 Å². The van der Waals surface area contributed by atoms with Crippen LogP contribution < -0.4 is 10.6 Å². The maximum Gasteiger partial charge on any atom is 0.407 e. The smallest absolute Gasteiger partial charge is 0.407 e. The van der Waals surface area contributed by atoms with Gasteiger partial charge < -0.3 is 20.5 Å². The van der Waals surface area contributed by atoms with Gasteiger partial charge in [-0.2, -0.15) is 0 Å². The van der Waals surface area contributed by atoms with E-state index >= 15 is 0 Å². The highest BCUT2D eigenvalue weighted by atomic mass is 16.5. The molecule has 0 fully saturated rings. The fraction of sp³-hybridized carbons (Fsp3) is 0.278. The molecule has 0 aliphatic carbocycles. The summed E-state index contributed by atoms with van der Waals surface area (Å²) in [6.45, 7) is 1.20. The SMILES string of the molecule is O=C(NC(CO)CNCc1ccccc1)OCc1ccccc1. The van der Waals surface area contributed by atoms with Gasteiger partial charge in [0.1, 0.15) is 6.61 Å². The van der Waals surface area contributed by atoms with Gasteiger partial charge in [0.25, 0.3) is 0 Å². The number of rotatable bonds is 8. The normalized spacial score (nSPS) is 11.7. The zero-order valence-electron chi connectivity index (χ0n) is 12.9. The summed E-state index contributed by atoms with van der Waals surface area (Å²) in [4.78, 5) is 11.7. The van der Waals surface area contributed by atoms with Crippen LogP contribution >= 0.6 is 0 Å². The van der Waals surface area contributed by atoms with E-state index in [4.69, 9.17) is 4.74 Å². The van der Waals surface area contributed by atoms with Crippen molar-refractivity contribution in [3.8, 4) is 0 Å².